The maximum Gasteiger partial charge on any atom is 0.193 e. The lowest BCUT2D eigenvalue weighted by atomic mass is 9.93. The Labute approximate surface area is 223 Å². The van der Waals surface area contributed by atoms with Gasteiger partial charge in [-0.15, -0.1) is 0 Å². The molecule has 2 aliphatic rings. The van der Waals surface area contributed by atoms with Crippen molar-refractivity contribution in [3.05, 3.63) is 113 Å². The molecule has 38 heavy (non-hydrogen) atoms. The lowest BCUT2D eigenvalue weighted by Crippen LogP contribution is -2.49. The van der Waals surface area contributed by atoms with Crippen LogP contribution in [0.2, 0.25) is 0 Å². The van der Waals surface area contributed by atoms with Crippen LogP contribution in [0.15, 0.2) is 106 Å². The van der Waals surface area contributed by atoms with Crippen LogP contribution in [0.5, 0.6) is 5.75 Å². The van der Waals surface area contributed by atoms with Gasteiger partial charge in [-0.3, -0.25) is 9.59 Å². The lowest BCUT2D eigenvalue weighted by molar-refractivity contribution is 0.0889. The lowest BCUT2D eigenvalue weighted by Gasteiger charge is -2.35. The van der Waals surface area contributed by atoms with Gasteiger partial charge in [0.25, 0.3) is 0 Å². The summed E-state index contributed by atoms with van der Waals surface area (Å²) in [6, 6.07) is 25.1. The van der Waals surface area contributed by atoms with Gasteiger partial charge in [0, 0.05) is 22.9 Å². The number of hydrazone groups is 1. The van der Waals surface area contributed by atoms with Crippen molar-refractivity contribution in [1.29, 1.82) is 5.26 Å². The maximum atomic E-state index is 13.7. The molecule has 1 heterocycles. The number of hydrogen-bond donors (Lipinski definition) is 1. The first kappa shape index (κ1) is 24.7. The van der Waals surface area contributed by atoms with E-state index in [9.17, 15) is 14.9 Å². The van der Waals surface area contributed by atoms with Crippen molar-refractivity contribution in [3.8, 4) is 11.8 Å². The average Bonchev–Trinajstić information content (AvgIpc) is 3.15. The minimum atomic E-state index is -1.87. The molecule has 1 aliphatic carbocycles. The number of fused-ring (bicyclic) bond motifs is 1. The standard InChI is InChI=1S/C29H21N5O3S/c1-37-24-16-8-5-10-19(24)11-9-17-32-34-27(31)23(18-30)29(38-28(34)33-20-12-3-2-4-13-20)25(35)21-14-6-7-15-22(21)26(29)36/h2-17H,31H2,1H3/b11-9+,32-17+,33-28?. The predicted octanol–water partition coefficient (Wildman–Crippen LogP) is 4.94. The van der Waals surface area contributed by atoms with E-state index >= 15 is 0 Å². The molecule has 0 atom stereocenters. The number of nitriles is 1. The van der Waals surface area contributed by atoms with Gasteiger partial charge in [0.2, 0.25) is 0 Å². The number of thioether (sulfide) groups is 1. The normalized spacial score (nSPS) is 17.6. The van der Waals surface area contributed by atoms with E-state index in [0.29, 0.717) is 11.4 Å². The van der Waals surface area contributed by atoms with Crippen LogP contribution in [0.25, 0.3) is 6.08 Å². The number of para-hydroxylation sites is 2. The predicted molar refractivity (Wildman–Crippen MR) is 148 cm³/mol. The minimum Gasteiger partial charge on any atom is -0.496 e. The third-order valence-electron chi connectivity index (χ3n) is 6.09. The van der Waals surface area contributed by atoms with E-state index in [1.165, 1.54) is 11.2 Å². The first-order valence-electron chi connectivity index (χ1n) is 11.6. The molecule has 0 fully saturated rings. The van der Waals surface area contributed by atoms with Crippen LogP contribution < -0.4 is 10.5 Å². The number of nitrogens with two attached hydrogens (primary N) is 1. The van der Waals surface area contributed by atoms with Crippen molar-refractivity contribution in [2.75, 3.05) is 7.11 Å². The molecule has 186 valence electrons. The molecule has 0 saturated carbocycles. The van der Waals surface area contributed by atoms with E-state index < -0.39 is 16.3 Å². The van der Waals surface area contributed by atoms with Crippen molar-refractivity contribution in [1.82, 2.24) is 5.01 Å². The Hall–Kier alpha value is -4.94. The molecule has 0 aromatic heterocycles. The molecule has 1 aliphatic heterocycles. The summed E-state index contributed by atoms with van der Waals surface area (Å²) in [6.45, 7) is 0. The Balaban J connectivity index is 1.61. The van der Waals surface area contributed by atoms with Gasteiger partial charge in [0.15, 0.2) is 21.5 Å². The molecular weight excluding hydrogens is 498 g/mol. The van der Waals surface area contributed by atoms with Gasteiger partial charge in [-0.1, -0.05) is 72.4 Å². The van der Waals surface area contributed by atoms with Crippen LogP contribution in [0.4, 0.5) is 5.69 Å². The number of carbonyl (C=O) groups is 2. The third kappa shape index (κ3) is 4.07. The van der Waals surface area contributed by atoms with Gasteiger partial charge in [-0.05, 0) is 30.4 Å². The molecule has 3 aromatic carbocycles. The molecule has 0 bridgehead atoms. The number of hydrogen-bond acceptors (Lipinski definition) is 8. The molecule has 0 unspecified atom stereocenters. The number of nitrogens with zero attached hydrogens (tertiary/aromatic N) is 4. The fourth-order valence-corrected chi connectivity index (χ4v) is 5.60. The van der Waals surface area contributed by atoms with Gasteiger partial charge >= 0.3 is 0 Å². The highest BCUT2D eigenvalue weighted by Gasteiger charge is 2.61. The van der Waals surface area contributed by atoms with Gasteiger partial charge < -0.3 is 10.5 Å². The van der Waals surface area contributed by atoms with Crippen LogP contribution in [0, 0.1) is 11.3 Å². The quantitative estimate of drug-likeness (QED) is 0.374. The van der Waals surface area contributed by atoms with Gasteiger partial charge in [-0.25, -0.2) is 4.99 Å². The Morgan fingerprint density at radius 3 is 2.26 bits per heavy atom. The first-order chi connectivity index (χ1) is 18.5. The average molecular weight is 520 g/mol. The van der Waals surface area contributed by atoms with E-state index in [1.807, 2.05) is 48.5 Å². The summed E-state index contributed by atoms with van der Waals surface area (Å²) in [6.07, 6.45) is 4.98. The highest BCUT2D eigenvalue weighted by Crippen LogP contribution is 2.50. The van der Waals surface area contributed by atoms with E-state index in [2.05, 4.69) is 10.1 Å². The van der Waals surface area contributed by atoms with Crippen LogP contribution in [0.1, 0.15) is 26.3 Å². The number of methoxy groups -OCH3 is 1. The van der Waals surface area contributed by atoms with Crippen molar-refractivity contribution < 1.29 is 14.3 Å². The van der Waals surface area contributed by atoms with E-state index in [-0.39, 0.29) is 27.7 Å². The smallest absolute Gasteiger partial charge is 0.193 e. The zero-order valence-corrected chi connectivity index (χ0v) is 21.1. The van der Waals surface area contributed by atoms with Crippen molar-refractivity contribution in [2.45, 2.75) is 4.75 Å². The number of carbonyl (C=O) groups excluding carboxylic acids is 2. The number of rotatable bonds is 5. The zero-order chi connectivity index (χ0) is 26.7. The zero-order valence-electron chi connectivity index (χ0n) is 20.2. The molecule has 5 rings (SSSR count). The molecule has 0 amide bonds. The third-order valence-corrected chi connectivity index (χ3v) is 7.42. The van der Waals surface area contributed by atoms with Crippen molar-refractivity contribution in [3.63, 3.8) is 0 Å². The highest BCUT2D eigenvalue weighted by molar-refractivity contribution is 8.16. The van der Waals surface area contributed by atoms with Crippen molar-refractivity contribution in [2.24, 2.45) is 15.8 Å². The number of amidine groups is 1. The van der Waals surface area contributed by atoms with Crippen LogP contribution in [-0.2, 0) is 0 Å². The van der Waals surface area contributed by atoms with Gasteiger partial charge in [0.05, 0.1) is 12.8 Å². The molecular formula is C29H21N5O3S. The number of ether oxygens (including phenoxy) is 1. The largest absolute Gasteiger partial charge is 0.496 e. The fourth-order valence-electron chi connectivity index (χ4n) is 4.29. The SMILES string of the molecule is COc1ccccc1/C=C/C=N/N1C(=Nc2ccccc2)SC2(C(=O)c3ccccc3C2=O)C(C#N)=C1N. The first-order valence-corrected chi connectivity index (χ1v) is 12.4. The molecule has 8 nitrogen and oxygen atoms in total. The summed E-state index contributed by atoms with van der Waals surface area (Å²) in [5, 5.41) is 16.0. The van der Waals surface area contributed by atoms with Crippen LogP contribution in [0.3, 0.4) is 0 Å². The Kier molecular flexibility index (Phi) is 6.64. The van der Waals surface area contributed by atoms with Gasteiger partial charge in [-0.2, -0.15) is 15.4 Å². The minimum absolute atomic E-state index is 0.141. The Morgan fingerprint density at radius 2 is 1.61 bits per heavy atom. The number of aliphatic imine (C=N–C) groups is 1. The van der Waals surface area contributed by atoms with Crippen LogP contribution >= 0.6 is 11.8 Å². The number of allylic oxidation sites excluding steroid dienone is 1. The number of benzene rings is 3. The van der Waals surface area contributed by atoms with E-state index in [1.54, 1.807) is 55.7 Å². The maximum absolute atomic E-state index is 13.7. The highest BCUT2D eigenvalue weighted by atomic mass is 32.2. The number of Topliss-reactive ketones (excluding diaryl/α,β-unsaturated/α-hetero) is 2. The second-order valence-corrected chi connectivity index (χ2v) is 9.45. The molecule has 9 heteroatoms. The molecule has 0 radical (unpaired) electrons. The van der Waals surface area contributed by atoms with E-state index in [4.69, 9.17) is 10.5 Å². The van der Waals surface area contributed by atoms with Crippen molar-refractivity contribution >= 4 is 46.5 Å². The van der Waals surface area contributed by atoms with Crippen LogP contribution in [-0.4, -0.2) is 39.8 Å². The Bertz CT molecular complexity index is 1570. The summed E-state index contributed by atoms with van der Waals surface area (Å²) in [7, 11) is 1.59. The monoisotopic (exact) mass is 519 g/mol. The molecule has 0 saturated heterocycles. The number of ketones is 2. The summed E-state index contributed by atoms with van der Waals surface area (Å²) >= 11 is 0.873. The van der Waals surface area contributed by atoms with E-state index in [0.717, 1.165) is 17.3 Å². The summed E-state index contributed by atoms with van der Waals surface area (Å²) in [5.74, 6) is -0.438. The second kappa shape index (κ2) is 10.2. The van der Waals surface area contributed by atoms with Gasteiger partial charge in [0.1, 0.15) is 23.2 Å². The summed E-state index contributed by atoms with van der Waals surface area (Å²) < 4.78 is 3.50. The summed E-state index contributed by atoms with van der Waals surface area (Å²) in [5.41, 5.74) is 8.19. The fraction of sp³-hybridized carbons (Fsp3) is 0.0690. The summed E-state index contributed by atoms with van der Waals surface area (Å²) in [4.78, 5) is 32.0. The Morgan fingerprint density at radius 1 is 0.974 bits per heavy atom. The molecule has 3 aromatic rings. The second-order valence-electron chi connectivity index (χ2n) is 8.27. The molecule has 2 N–H and O–H groups in total. The molecule has 1 spiro atoms. The topological polar surface area (TPSA) is 121 Å².